The van der Waals surface area contributed by atoms with Crippen molar-refractivity contribution in [3.05, 3.63) is 182 Å². The van der Waals surface area contributed by atoms with E-state index >= 15 is 0 Å². The van der Waals surface area contributed by atoms with Gasteiger partial charge in [0.15, 0.2) is 0 Å². The van der Waals surface area contributed by atoms with Crippen LogP contribution in [0, 0.1) is 0 Å². The zero-order valence-electron chi connectivity index (χ0n) is 27.6. The molecule has 0 spiro atoms. The van der Waals surface area contributed by atoms with Crippen LogP contribution in [-0.2, 0) is 0 Å². The third kappa shape index (κ3) is 4.35. The van der Waals surface area contributed by atoms with Crippen molar-refractivity contribution < 1.29 is 0 Å². The number of hydrogen-bond acceptors (Lipinski definition) is 1. The number of nitrogens with zero attached hydrogens (tertiary/aromatic N) is 2. The molecule has 51 heavy (non-hydrogen) atoms. The van der Waals surface area contributed by atoms with Gasteiger partial charge in [-0.15, -0.1) is 11.3 Å². The highest BCUT2D eigenvalue weighted by molar-refractivity contribution is 7.25. The Morgan fingerprint density at radius 1 is 0.275 bits per heavy atom. The van der Waals surface area contributed by atoms with Crippen LogP contribution in [0.5, 0.6) is 0 Å². The smallest absolute Gasteiger partial charge is 0.0555 e. The molecule has 0 saturated carbocycles. The monoisotopic (exact) mass is 666 g/mol. The first-order valence-corrected chi connectivity index (χ1v) is 18.2. The minimum absolute atomic E-state index is 1.17. The normalized spacial score (nSPS) is 11.9. The Morgan fingerprint density at radius 2 is 0.725 bits per heavy atom. The molecule has 0 aliphatic heterocycles. The van der Waals surface area contributed by atoms with Crippen LogP contribution in [0.25, 0.3) is 97.4 Å². The highest BCUT2D eigenvalue weighted by atomic mass is 32.1. The molecule has 0 aliphatic carbocycles. The second-order valence-electron chi connectivity index (χ2n) is 13.4. The Bertz CT molecular complexity index is 3050. The predicted octanol–water partition coefficient (Wildman–Crippen LogP) is 13.6. The lowest BCUT2D eigenvalue weighted by molar-refractivity contribution is 1.18. The molecule has 0 saturated heterocycles. The van der Waals surface area contributed by atoms with E-state index in [0.717, 1.165) is 0 Å². The number of rotatable bonds is 4. The summed E-state index contributed by atoms with van der Waals surface area (Å²) in [5.41, 5.74) is 12.2. The molecule has 0 unspecified atom stereocenters. The van der Waals surface area contributed by atoms with Gasteiger partial charge in [0.25, 0.3) is 0 Å². The summed E-state index contributed by atoms with van der Waals surface area (Å²) in [5, 5.41) is 7.77. The van der Waals surface area contributed by atoms with E-state index in [0.29, 0.717) is 0 Å². The maximum Gasteiger partial charge on any atom is 0.0555 e. The Kier molecular flexibility index (Phi) is 6.16. The zero-order valence-corrected chi connectivity index (χ0v) is 28.4. The molecule has 8 aromatic carbocycles. The standard InChI is InChI=1S/C48H30N2S/c1-2-10-31(11-3-1)34-22-27-47-41(28-34)42-29-40-39-14-6-9-17-45(39)50(46(40)30-48(42)51-47)36-25-20-33(21-26-36)32-18-23-35(24-19-32)49-43-15-7-4-12-37(43)38-13-5-8-16-44(38)49/h1-30H. The Labute approximate surface area is 298 Å². The molecule has 2 nitrogen and oxygen atoms in total. The highest BCUT2D eigenvalue weighted by Gasteiger charge is 2.17. The molecule has 3 aromatic heterocycles. The minimum atomic E-state index is 1.17. The number of hydrogen-bond donors (Lipinski definition) is 0. The maximum atomic E-state index is 2.43. The van der Waals surface area contributed by atoms with Gasteiger partial charge in [-0.2, -0.15) is 0 Å². The summed E-state index contributed by atoms with van der Waals surface area (Å²) >= 11 is 1.88. The van der Waals surface area contributed by atoms with E-state index in [1.165, 1.54) is 97.4 Å². The van der Waals surface area contributed by atoms with Gasteiger partial charge in [0, 0.05) is 53.1 Å². The van der Waals surface area contributed by atoms with E-state index in [9.17, 15) is 0 Å². The van der Waals surface area contributed by atoms with Gasteiger partial charge in [-0.3, -0.25) is 0 Å². The van der Waals surface area contributed by atoms with Crippen LogP contribution in [0.15, 0.2) is 182 Å². The molecule has 0 radical (unpaired) electrons. The fraction of sp³-hybridized carbons (Fsp3) is 0. The molecule has 238 valence electrons. The molecule has 0 atom stereocenters. The number of aromatic nitrogens is 2. The maximum absolute atomic E-state index is 2.43. The molecule has 0 fully saturated rings. The summed E-state index contributed by atoms with van der Waals surface area (Å²) in [5.74, 6) is 0. The third-order valence-electron chi connectivity index (χ3n) is 10.5. The molecular weight excluding hydrogens is 637 g/mol. The zero-order chi connectivity index (χ0) is 33.5. The van der Waals surface area contributed by atoms with Crippen molar-refractivity contribution >= 4 is 75.1 Å². The summed E-state index contributed by atoms with van der Waals surface area (Å²) in [6.45, 7) is 0. The Balaban J connectivity index is 0.998. The van der Waals surface area contributed by atoms with E-state index in [1.54, 1.807) is 0 Å². The second-order valence-corrected chi connectivity index (χ2v) is 14.4. The molecule has 0 N–H and O–H groups in total. The van der Waals surface area contributed by atoms with Crippen LogP contribution in [0.3, 0.4) is 0 Å². The van der Waals surface area contributed by atoms with Crippen LogP contribution in [-0.4, -0.2) is 9.13 Å². The molecule has 3 heterocycles. The first-order valence-electron chi connectivity index (χ1n) is 17.4. The number of thiophene rings is 1. The third-order valence-corrected chi connectivity index (χ3v) is 11.7. The molecule has 0 bridgehead atoms. The van der Waals surface area contributed by atoms with Crippen molar-refractivity contribution in [3.63, 3.8) is 0 Å². The van der Waals surface area contributed by atoms with Crippen molar-refractivity contribution in [3.8, 4) is 33.6 Å². The molecule has 11 aromatic rings. The Morgan fingerprint density at radius 3 is 1.31 bits per heavy atom. The quantitative estimate of drug-likeness (QED) is 0.177. The first-order chi connectivity index (χ1) is 25.3. The second kappa shape index (κ2) is 11.0. The average molecular weight is 667 g/mol. The van der Waals surface area contributed by atoms with E-state index in [2.05, 4.69) is 191 Å². The van der Waals surface area contributed by atoms with Crippen molar-refractivity contribution in [1.82, 2.24) is 9.13 Å². The summed E-state index contributed by atoms with van der Waals surface area (Å²) < 4.78 is 7.43. The lowest BCUT2D eigenvalue weighted by atomic mass is 10.0. The first kappa shape index (κ1) is 28.4. The lowest BCUT2D eigenvalue weighted by Gasteiger charge is -2.11. The van der Waals surface area contributed by atoms with E-state index < -0.39 is 0 Å². The number of para-hydroxylation sites is 3. The van der Waals surface area contributed by atoms with Crippen molar-refractivity contribution in [1.29, 1.82) is 0 Å². The van der Waals surface area contributed by atoms with E-state index in [4.69, 9.17) is 0 Å². The molecular formula is C48H30N2S. The van der Waals surface area contributed by atoms with Gasteiger partial charge >= 0.3 is 0 Å². The summed E-state index contributed by atoms with van der Waals surface area (Å²) in [4.78, 5) is 0. The fourth-order valence-electron chi connectivity index (χ4n) is 8.13. The van der Waals surface area contributed by atoms with Gasteiger partial charge in [0.2, 0.25) is 0 Å². The highest BCUT2D eigenvalue weighted by Crippen LogP contribution is 2.42. The van der Waals surface area contributed by atoms with Gasteiger partial charge in [-0.05, 0) is 89.0 Å². The summed E-state index contributed by atoms with van der Waals surface area (Å²) in [6.07, 6.45) is 0. The van der Waals surface area contributed by atoms with E-state index in [-0.39, 0.29) is 0 Å². The summed E-state index contributed by atoms with van der Waals surface area (Å²) in [6, 6.07) is 66.6. The topological polar surface area (TPSA) is 9.86 Å². The minimum Gasteiger partial charge on any atom is -0.309 e. The van der Waals surface area contributed by atoms with Gasteiger partial charge in [0.1, 0.15) is 0 Å². The molecule has 11 rings (SSSR count). The van der Waals surface area contributed by atoms with Gasteiger partial charge < -0.3 is 9.13 Å². The van der Waals surface area contributed by atoms with Crippen LogP contribution in [0.4, 0.5) is 0 Å². The van der Waals surface area contributed by atoms with E-state index in [1.807, 2.05) is 11.3 Å². The van der Waals surface area contributed by atoms with Crippen molar-refractivity contribution in [2.24, 2.45) is 0 Å². The Hall–Kier alpha value is -6.42. The van der Waals surface area contributed by atoms with Crippen LogP contribution in [0.2, 0.25) is 0 Å². The van der Waals surface area contributed by atoms with Gasteiger partial charge in [0.05, 0.1) is 22.1 Å². The average Bonchev–Trinajstić information content (AvgIpc) is 3.84. The SMILES string of the molecule is c1ccc(-c2ccc3sc4cc5c(cc4c3c2)c2ccccc2n5-c2ccc(-c3ccc(-n4c5ccccc5c5ccccc54)cc3)cc2)cc1. The van der Waals surface area contributed by atoms with Crippen LogP contribution in [0.1, 0.15) is 0 Å². The molecule has 0 aliphatic rings. The fourth-order valence-corrected chi connectivity index (χ4v) is 9.24. The number of benzene rings is 8. The van der Waals surface area contributed by atoms with Gasteiger partial charge in [-0.25, -0.2) is 0 Å². The lowest BCUT2D eigenvalue weighted by Crippen LogP contribution is -1.94. The van der Waals surface area contributed by atoms with Crippen LogP contribution < -0.4 is 0 Å². The molecule has 3 heteroatoms. The van der Waals surface area contributed by atoms with Crippen molar-refractivity contribution in [2.45, 2.75) is 0 Å². The van der Waals surface area contributed by atoms with Crippen molar-refractivity contribution in [2.75, 3.05) is 0 Å². The van der Waals surface area contributed by atoms with Crippen LogP contribution >= 0.6 is 11.3 Å². The largest absolute Gasteiger partial charge is 0.309 e. The van der Waals surface area contributed by atoms with Gasteiger partial charge in [-0.1, -0.05) is 115 Å². The summed E-state index contributed by atoms with van der Waals surface area (Å²) in [7, 11) is 0. The molecule has 0 amide bonds. The number of fused-ring (bicyclic) bond motifs is 9. The predicted molar refractivity (Wildman–Crippen MR) is 219 cm³/mol.